The summed E-state index contributed by atoms with van der Waals surface area (Å²) in [6, 6.07) is 10.1. The van der Waals surface area contributed by atoms with E-state index in [-0.39, 0.29) is 18.0 Å². The van der Waals surface area contributed by atoms with Crippen molar-refractivity contribution in [2.24, 2.45) is 0 Å². The number of fused-ring (bicyclic) bond motifs is 1. The Morgan fingerprint density at radius 3 is 2.59 bits per heavy atom. The summed E-state index contributed by atoms with van der Waals surface area (Å²) in [5, 5.41) is 4.07. The van der Waals surface area contributed by atoms with Crippen molar-refractivity contribution in [3.63, 3.8) is 0 Å². The van der Waals surface area contributed by atoms with Crippen LogP contribution in [-0.4, -0.2) is 46.2 Å². The summed E-state index contributed by atoms with van der Waals surface area (Å²) >= 11 is 0. The van der Waals surface area contributed by atoms with E-state index in [1.165, 1.54) is 0 Å². The summed E-state index contributed by atoms with van der Waals surface area (Å²) in [5.74, 6) is 0.115. The van der Waals surface area contributed by atoms with Gasteiger partial charge in [-0.2, -0.15) is 0 Å². The lowest BCUT2D eigenvalue weighted by molar-refractivity contribution is -0.132. The third-order valence-electron chi connectivity index (χ3n) is 5.38. The van der Waals surface area contributed by atoms with Crippen molar-refractivity contribution in [1.82, 2.24) is 14.8 Å². The number of hydrogen-bond acceptors (Lipinski definition) is 3. The second-order valence-electron chi connectivity index (χ2n) is 7.80. The summed E-state index contributed by atoms with van der Waals surface area (Å²) in [7, 11) is 0. The van der Waals surface area contributed by atoms with Crippen molar-refractivity contribution in [2.45, 2.75) is 58.2 Å². The summed E-state index contributed by atoms with van der Waals surface area (Å²) in [6.07, 6.45) is 3.86. The highest BCUT2D eigenvalue weighted by molar-refractivity contribution is 5.83. The molecule has 0 radical (unpaired) electrons. The number of nitrogens with zero attached hydrogens (tertiary/aromatic N) is 2. The molecule has 0 aliphatic carbocycles. The van der Waals surface area contributed by atoms with Crippen LogP contribution in [0.25, 0.3) is 10.9 Å². The minimum Gasteiger partial charge on any atom is -0.444 e. The van der Waals surface area contributed by atoms with Gasteiger partial charge in [-0.25, -0.2) is 4.79 Å². The largest absolute Gasteiger partial charge is 0.444 e. The van der Waals surface area contributed by atoms with Crippen molar-refractivity contribution >= 4 is 22.9 Å². The molecule has 1 aliphatic rings. The minimum absolute atomic E-state index is 0.0571. The molecule has 6 nitrogen and oxygen atoms in total. The normalized spacial score (nSPS) is 15.7. The molecule has 0 atom stereocenters. The second kappa shape index (κ2) is 8.03. The molecule has 1 aromatic carbocycles. The summed E-state index contributed by atoms with van der Waals surface area (Å²) in [4.78, 5) is 26.6. The first-order valence-corrected chi connectivity index (χ1v) is 9.69. The number of carbonyl (C=O) groups is 2. The highest BCUT2D eigenvalue weighted by Crippen LogP contribution is 2.18. The van der Waals surface area contributed by atoms with Gasteiger partial charge >= 0.3 is 6.09 Å². The predicted octanol–water partition coefficient (Wildman–Crippen LogP) is 3.55. The molecular weight excluding hydrogens is 342 g/mol. The van der Waals surface area contributed by atoms with Crippen LogP contribution in [0.2, 0.25) is 0 Å². The number of rotatable bonds is 5. The summed E-state index contributed by atoms with van der Waals surface area (Å²) in [6.45, 7) is 7.45. The van der Waals surface area contributed by atoms with Crippen LogP contribution in [0.15, 0.2) is 36.5 Å². The number of likely N-dealkylation sites (tertiary alicyclic amines) is 1. The number of para-hydroxylation sites is 1. The number of benzene rings is 1. The molecule has 0 saturated carbocycles. The quantitative estimate of drug-likeness (QED) is 0.874. The van der Waals surface area contributed by atoms with Gasteiger partial charge in [0, 0.05) is 30.8 Å². The molecule has 0 bridgehead atoms. The number of hydrogen-bond donors (Lipinski definition) is 1. The van der Waals surface area contributed by atoms with E-state index in [0.29, 0.717) is 19.6 Å². The van der Waals surface area contributed by atoms with Crippen molar-refractivity contribution in [3.05, 3.63) is 36.5 Å². The molecule has 0 spiro atoms. The fourth-order valence-electron chi connectivity index (χ4n) is 3.32. The highest BCUT2D eigenvalue weighted by Gasteiger charge is 2.26. The maximum absolute atomic E-state index is 12.7. The second-order valence-corrected chi connectivity index (χ2v) is 7.80. The Labute approximate surface area is 160 Å². The first-order chi connectivity index (χ1) is 12.9. The number of ether oxygens (including phenoxy) is 1. The highest BCUT2D eigenvalue weighted by atomic mass is 16.6. The third-order valence-corrected chi connectivity index (χ3v) is 5.38. The van der Waals surface area contributed by atoms with Gasteiger partial charge in [0.1, 0.15) is 12.1 Å². The summed E-state index contributed by atoms with van der Waals surface area (Å²) < 4.78 is 7.43. The van der Waals surface area contributed by atoms with Gasteiger partial charge in [-0.1, -0.05) is 25.1 Å². The first kappa shape index (κ1) is 19.3. The molecule has 3 rings (SSSR count). The van der Waals surface area contributed by atoms with Gasteiger partial charge in [0.05, 0.1) is 0 Å². The zero-order valence-corrected chi connectivity index (χ0v) is 16.4. The van der Waals surface area contributed by atoms with Crippen molar-refractivity contribution < 1.29 is 14.3 Å². The van der Waals surface area contributed by atoms with Crippen LogP contribution in [0.4, 0.5) is 4.79 Å². The van der Waals surface area contributed by atoms with E-state index in [1.54, 1.807) is 0 Å². The van der Waals surface area contributed by atoms with Gasteiger partial charge in [0.15, 0.2) is 0 Å². The van der Waals surface area contributed by atoms with E-state index in [1.807, 2.05) is 66.8 Å². The van der Waals surface area contributed by atoms with Gasteiger partial charge in [0.2, 0.25) is 5.91 Å². The van der Waals surface area contributed by atoms with Crippen molar-refractivity contribution in [3.8, 4) is 0 Å². The lowest BCUT2D eigenvalue weighted by Crippen LogP contribution is -2.48. The Hall–Kier alpha value is -2.50. The Morgan fingerprint density at radius 2 is 1.89 bits per heavy atom. The van der Waals surface area contributed by atoms with Gasteiger partial charge in [-0.3, -0.25) is 4.79 Å². The fourth-order valence-corrected chi connectivity index (χ4v) is 3.32. The third kappa shape index (κ3) is 4.81. The molecule has 0 unspecified atom stereocenters. The van der Waals surface area contributed by atoms with Crippen molar-refractivity contribution in [1.29, 1.82) is 0 Å². The van der Waals surface area contributed by atoms with E-state index in [0.717, 1.165) is 30.2 Å². The average Bonchev–Trinajstić information content (AvgIpc) is 3.05. The van der Waals surface area contributed by atoms with Crippen LogP contribution in [0.3, 0.4) is 0 Å². The van der Waals surface area contributed by atoms with Crippen LogP contribution in [0, 0.1) is 0 Å². The van der Waals surface area contributed by atoms with E-state index < -0.39 is 5.60 Å². The molecule has 146 valence electrons. The number of alkyl carbamates (subject to hydrolysis) is 1. The van der Waals surface area contributed by atoms with E-state index in [9.17, 15) is 9.59 Å². The lowest BCUT2D eigenvalue weighted by Gasteiger charge is -2.33. The van der Waals surface area contributed by atoms with E-state index in [2.05, 4.69) is 5.32 Å². The molecule has 1 N–H and O–H groups in total. The number of carbonyl (C=O) groups excluding carboxylic acids is 2. The van der Waals surface area contributed by atoms with Gasteiger partial charge in [-0.15, -0.1) is 0 Å². The number of piperidine rings is 1. The maximum Gasteiger partial charge on any atom is 0.407 e. The number of amides is 2. The van der Waals surface area contributed by atoms with Gasteiger partial charge in [0.25, 0.3) is 0 Å². The minimum atomic E-state index is -0.458. The molecule has 1 saturated heterocycles. The molecule has 1 aromatic heterocycles. The maximum atomic E-state index is 12.7. The molecule has 2 amide bonds. The Bertz CT molecular complexity index is 804. The molecular formula is C21H29N3O3. The lowest BCUT2D eigenvalue weighted by atomic mass is 10.1. The molecule has 1 aliphatic heterocycles. The Balaban J connectivity index is 1.49. The van der Waals surface area contributed by atoms with Crippen LogP contribution in [-0.2, 0) is 16.1 Å². The molecule has 1 fully saturated rings. The average molecular weight is 371 g/mol. The zero-order chi connectivity index (χ0) is 19.4. The molecule has 6 heteroatoms. The predicted molar refractivity (Wildman–Crippen MR) is 106 cm³/mol. The zero-order valence-electron chi connectivity index (χ0n) is 16.4. The van der Waals surface area contributed by atoms with Gasteiger partial charge in [-0.05, 0) is 50.6 Å². The SMILES string of the molecule is CCC(C)(C)OC(=O)NC1CCN(C(=O)Cn2ccc3ccccc32)CC1. The number of nitrogens with one attached hydrogen (secondary N) is 1. The van der Waals surface area contributed by atoms with E-state index >= 15 is 0 Å². The summed E-state index contributed by atoms with van der Waals surface area (Å²) in [5.41, 5.74) is 0.615. The van der Waals surface area contributed by atoms with Crippen LogP contribution < -0.4 is 5.32 Å². The first-order valence-electron chi connectivity index (χ1n) is 9.69. The Kier molecular flexibility index (Phi) is 5.73. The monoisotopic (exact) mass is 371 g/mol. The van der Waals surface area contributed by atoms with Crippen LogP contribution >= 0.6 is 0 Å². The van der Waals surface area contributed by atoms with Crippen LogP contribution in [0.5, 0.6) is 0 Å². The van der Waals surface area contributed by atoms with Gasteiger partial charge < -0.3 is 19.5 Å². The standard InChI is InChI=1S/C21H29N3O3/c1-4-21(2,3)27-20(26)22-17-10-13-23(14-11-17)19(25)15-24-12-9-16-7-5-6-8-18(16)24/h5-9,12,17H,4,10-11,13-15H2,1-3H3,(H,22,26). The fraction of sp³-hybridized carbons (Fsp3) is 0.524. The molecule has 2 aromatic rings. The smallest absolute Gasteiger partial charge is 0.407 e. The number of aromatic nitrogens is 1. The Morgan fingerprint density at radius 1 is 1.19 bits per heavy atom. The topological polar surface area (TPSA) is 63.6 Å². The van der Waals surface area contributed by atoms with E-state index in [4.69, 9.17) is 4.74 Å². The van der Waals surface area contributed by atoms with Crippen molar-refractivity contribution in [2.75, 3.05) is 13.1 Å². The molecule has 27 heavy (non-hydrogen) atoms. The van der Waals surface area contributed by atoms with Crippen LogP contribution in [0.1, 0.15) is 40.0 Å². The molecule has 2 heterocycles.